The molecule has 1 radical (unpaired) electrons. The fourth-order valence-electron chi connectivity index (χ4n) is 14.0. The van der Waals surface area contributed by atoms with Gasteiger partial charge in [0.15, 0.2) is 32.4 Å². The number of carbonyl (C=O) groups is 4. The maximum atomic E-state index is 14.7. The van der Waals surface area contributed by atoms with Crippen molar-refractivity contribution >= 4 is 98.7 Å². The molecule has 17 heteroatoms. The van der Waals surface area contributed by atoms with E-state index in [1.165, 1.54) is 89.9 Å². The number of thiol groups is 1. The van der Waals surface area contributed by atoms with Crippen LogP contribution < -0.4 is 0 Å². The Hall–Kier alpha value is -4.87. The van der Waals surface area contributed by atoms with Crippen molar-refractivity contribution in [3.63, 3.8) is 0 Å². The van der Waals surface area contributed by atoms with Gasteiger partial charge in [-0.1, -0.05) is 209 Å². The fraction of sp³-hybridized carbons (Fsp3) is 0.632. The summed E-state index contributed by atoms with van der Waals surface area (Å²) >= 11 is 10.1. The van der Waals surface area contributed by atoms with Crippen LogP contribution in [0.5, 0.6) is 0 Å². The summed E-state index contributed by atoms with van der Waals surface area (Å²) < 4.78 is 27.9. The van der Waals surface area contributed by atoms with Crippen molar-refractivity contribution in [2.24, 2.45) is 28.0 Å². The second kappa shape index (κ2) is 42.0. The number of fused-ring (bicyclic) bond motifs is 2. The van der Waals surface area contributed by atoms with Gasteiger partial charge in [-0.15, -0.1) is 0 Å². The van der Waals surface area contributed by atoms with Crippen LogP contribution in [0, 0.1) is 23.7 Å². The zero-order valence-corrected chi connectivity index (χ0v) is 61.9. The van der Waals surface area contributed by atoms with Crippen LogP contribution in [-0.2, 0) is 19.2 Å². The summed E-state index contributed by atoms with van der Waals surface area (Å²) in [4.78, 5) is 65.9. The van der Waals surface area contributed by atoms with Crippen LogP contribution in [0.1, 0.15) is 284 Å². The Morgan fingerprint density at radius 3 is 0.806 bits per heavy atom. The molecule has 4 amide bonds. The van der Waals surface area contributed by atoms with Crippen molar-refractivity contribution in [1.82, 2.24) is 19.6 Å². The average Bonchev–Trinajstić information content (AvgIpc) is 1.57. The van der Waals surface area contributed by atoms with E-state index in [2.05, 4.69) is 112 Å². The molecular formula is C76H111BBr2N5O8S. The number of amides is 4. The summed E-state index contributed by atoms with van der Waals surface area (Å²) in [7, 11) is 4.34. The van der Waals surface area contributed by atoms with E-state index in [4.69, 9.17) is 17.7 Å². The first-order valence-corrected chi connectivity index (χ1v) is 38.2. The zero-order valence-electron chi connectivity index (χ0n) is 57.8. The number of hydrogen-bond acceptors (Lipinski definition) is 10. The Labute approximate surface area is 582 Å². The molecule has 0 bridgehead atoms. The second-order valence-electron chi connectivity index (χ2n) is 26.3. The van der Waals surface area contributed by atoms with Crippen LogP contribution in [-0.4, -0.2) is 77.0 Å². The van der Waals surface area contributed by atoms with Crippen molar-refractivity contribution in [2.75, 3.05) is 26.2 Å². The molecule has 0 aliphatic carbocycles. The Bertz CT molecular complexity index is 2850. The number of carbonyl (C=O) groups excluding carboxylic acids is 4. The van der Waals surface area contributed by atoms with Gasteiger partial charge in [-0.05, 0) is 155 Å². The third-order valence-corrected chi connectivity index (χ3v) is 19.8. The molecule has 4 aliphatic heterocycles. The van der Waals surface area contributed by atoms with E-state index in [9.17, 15) is 19.2 Å². The summed E-state index contributed by atoms with van der Waals surface area (Å²) in [5.74, 6) is 3.25. The molecule has 4 unspecified atom stereocenters. The number of unbranched alkanes of at least 4 members (excludes halogenated alkanes) is 16. The third kappa shape index (κ3) is 21.6. The number of hydrogen-bond donors (Lipinski definition) is 1. The van der Waals surface area contributed by atoms with Crippen molar-refractivity contribution < 1.29 is 36.8 Å². The summed E-state index contributed by atoms with van der Waals surface area (Å²) in [5, 5.41) is 0. The molecule has 0 N–H and O–H groups in total. The Kier molecular flexibility index (Phi) is 34.8. The van der Waals surface area contributed by atoms with E-state index >= 15 is 0 Å². The summed E-state index contributed by atoms with van der Waals surface area (Å²) in [6.07, 6.45) is 40.1. The quantitative estimate of drug-likeness (QED) is 0.0262. The summed E-state index contributed by atoms with van der Waals surface area (Å²) in [6, 6.07) is 14.9. The predicted molar refractivity (Wildman–Crippen MR) is 389 cm³/mol. The number of halogens is 2. The van der Waals surface area contributed by atoms with E-state index in [0.717, 1.165) is 116 Å². The van der Waals surface area contributed by atoms with E-state index < -0.39 is 0 Å². The van der Waals surface area contributed by atoms with Gasteiger partial charge < -0.3 is 37.3 Å². The van der Waals surface area contributed by atoms with Crippen molar-refractivity contribution in [1.29, 1.82) is 0 Å². The van der Waals surface area contributed by atoms with Gasteiger partial charge in [0.05, 0.1) is 34.8 Å². The number of rotatable bonds is 44. The second-order valence-corrected chi connectivity index (χ2v) is 28.1. The van der Waals surface area contributed by atoms with Gasteiger partial charge in [0.1, 0.15) is 22.8 Å². The third-order valence-electron chi connectivity index (χ3n) is 19.0. The standard InChI is InChI=1S/C38H54Br2N2O4.C38H56N2O4.BHNS/c1-5-9-13-15-19-27(17-11-7-3)25-41-35(29-21-23-31(39)45-29)33-34(37(41)43)36(30-22-24-32(40)46-30)42(38(33)44)26-28(18-12-8-4)20-16-14-10-6-2;1-5-9-13-15-21-29(19-11-7-3)27-39-35(31-23-17-25-43-31)33-34(37(39)41)36(32-24-18-26-44-32)40(38(33)42)28-30(20-12-8-4)22-16-14-10-6-2;1-2-3/h21-24,27-28H,5-20,25-26H2,1-4H3;17-18,23-26,29-30H,5-16,19-22,27-28H2,1-4H3;3H. The Morgan fingerprint density at radius 1 is 0.366 bits per heavy atom. The SMILES string of the molecule is CCCCCCC(CCCC)CN1C(=O)C2=C(c3ccc(Br)o3)N(CC(CCCC)CCCCCC)C(=O)C2=C1c1ccc(Br)o1.CCCCCCC(CCCC)CN1C(=O)C2=C(c3ccco3)N(CC(CCCC)CCCCCC)C(=O)C2=C1c1ccco1.[B]=NS. The first kappa shape index (κ1) is 77.1. The minimum atomic E-state index is -0.126. The normalized spacial score (nSPS) is 16.1. The first-order chi connectivity index (χ1) is 45.3. The van der Waals surface area contributed by atoms with E-state index in [0.29, 0.717) is 127 Å². The van der Waals surface area contributed by atoms with Crippen molar-refractivity contribution in [2.45, 2.75) is 261 Å². The molecule has 8 rings (SSSR count). The predicted octanol–water partition coefficient (Wildman–Crippen LogP) is 22.2. The molecule has 0 spiro atoms. The topological polar surface area (TPSA) is 146 Å². The van der Waals surface area contributed by atoms with Crippen molar-refractivity contribution in [3.05, 3.63) is 116 Å². The Morgan fingerprint density at radius 2 is 0.602 bits per heavy atom. The summed E-state index contributed by atoms with van der Waals surface area (Å²) in [5.41, 5.74) is 4.34. The zero-order chi connectivity index (χ0) is 67.1. The minimum absolute atomic E-state index is 0.100. The molecule has 0 saturated carbocycles. The van der Waals surface area contributed by atoms with Gasteiger partial charge in [0, 0.05) is 26.2 Å². The molecule has 0 aromatic carbocycles. The molecule has 511 valence electrons. The van der Waals surface area contributed by atoms with Gasteiger partial charge in [-0.3, -0.25) is 19.2 Å². The molecular weight excluding hydrogens is 1310 g/mol. The Balaban J connectivity index is 0.000000283. The first-order valence-electron chi connectivity index (χ1n) is 36.2. The van der Waals surface area contributed by atoms with E-state index in [-0.39, 0.29) is 23.6 Å². The molecule has 0 fully saturated rings. The van der Waals surface area contributed by atoms with Gasteiger partial charge in [0.25, 0.3) is 23.6 Å². The van der Waals surface area contributed by atoms with E-state index in [1.807, 2.05) is 68.1 Å². The monoisotopic (exact) mass is 1420 g/mol. The molecule has 4 aliphatic rings. The van der Waals surface area contributed by atoms with E-state index in [1.54, 1.807) is 12.5 Å². The number of nitrogens with zero attached hydrogens (tertiary/aromatic N) is 5. The molecule has 4 atom stereocenters. The maximum absolute atomic E-state index is 14.7. The average molecular weight is 1430 g/mol. The molecule has 4 aromatic rings. The number of furan rings is 4. The molecule has 13 nitrogen and oxygen atoms in total. The summed E-state index contributed by atoms with van der Waals surface area (Å²) in [6.45, 7) is 20.2. The fourth-order valence-corrected chi connectivity index (χ4v) is 14.6. The van der Waals surface area contributed by atoms with Crippen LogP contribution in [0.3, 0.4) is 0 Å². The van der Waals surface area contributed by atoms with Gasteiger partial charge in [0.2, 0.25) is 0 Å². The van der Waals surface area contributed by atoms with Crippen LogP contribution in [0.4, 0.5) is 0 Å². The van der Waals surface area contributed by atoms with Gasteiger partial charge in [-0.2, -0.15) is 0 Å². The molecule has 0 saturated heterocycles. The van der Waals surface area contributed by atoms with Crippen LogP contribution in [0.25, 0.3) is 22.8 Å². The van der Waals surface area contributed by atoms with Crippen LogP contribution >= 0.6 is 44.7 Å². The van der Waals surface area contributed by atoms with Crippen LogP contribution in [0.2, 0.25) is 0 Å². The van der Waals surface area contributed by atoms with Gasteiger partial charge in [-0.25, -0.2) is 0 Å². The van der Waals surface area contributed by atoms with Crippen LogP contribution in [0.15, 0.2) is 115 Å². The molecule has 93 heavy (non-hydrogen) atoms. The van der Waals surface area contributed by atoms with Gasteiger partial charge >= 0.3 is 24.8 Å². The molecule has 8 heterocycles. The van der Waals surface area contributed by atoms with Crippen molar-refractivity contribution in [3.8, 4) is 0 Å². The molecule has 4 aromatic heterocycles.